The van der Waals surface area contributed by atoms with E-state index in [-0.39, 0.29) is 5.41 Å². The summed E-state index contributed by atoms with van der Waals surface area (Å²) in [6.07, 6.45) is 0.873. The molecule has 2 N–H and O–H groups in total. The van der Waals surface area contributed by atoms with Gasteiger partial charge in [0, 0.05) is 0 Å². The normalized spacial score (nSPS) is 11.5. The molecule has 0 aromatic heterocycles. The number of rotatable bonds is 4. The molecule has 0 fully saturated rings. The van der Waals surface area contributed by atoms with Gasteiger partial charge in [0.25, 0.3) is 0 Å². The van der Waals surface area contributed by atoms with Crippen LogP contribution < -0.4 is 10.5 Å². The molecule has 0 aliphatic heterocycles. The molecule has 0 heterocycles. The number of hydrogen-bond donors (Lipinski definition) is 1. The van der Waals surface area contributed by atoms with Crippen molar-refractivity contribution in [1.82, 2.24) is 0 Å². The number of hydrogen-bond acceptors (Lipinski definition) is 2. The van der Waals surface area contributed by atoms with Gasteiger partial charge in [-0.1, -0.05) is 39.0 Å². The Morgan fingerprint density at radius 3 is 2.48 bits per heavy atom. The minimum atomic E-state index is 0.113. The number of nitrogens with two attached hydrogens (primary N) is 1. The first-order chi connectivity index (χ1) is 9.90. The van der Waals surface area contributed by atoms with Gasteiger partial charge in [0.05, 0.1) is 4.47 Å². The van der Waals surface area contributed by atoms with Gasteiger partial charge in [0.1, 0.15) is 11.5 Å². The molecule has 21 heavy (non-hydrogen) atoms. The molecule has 0 amide bonds. The maximum absolute atomic E-state index is 6.00. The van der Waals surface area contributed by atoms with Gasteiger partial charge in [-0.2, -0.15) is 0 Å². The molecule has 2 nitrogen and oxygen atoms in total. The van der Waals surface area contributed by atoms with Crippen LogP contribution in [0, 0.1) is 0 Å². The first-order valence-corrected chi connectivity index (χ1v) is 7.96. The van der Waals surface area contributed by atoms with Crippen molar-refractivity contribution in [2.24, 2.45) is 5.73 Å². The minimum absolute atomic E-state index is 0.113. The first-order valence-electron chi connectivity index (χ1n) is 7.17. The summed E-state index contributed by atoms with van der Waals surface area (Å²) in [4.78, 5) is 0. The summed E-state index contributed by atoms with van der Waals surface area (Å²) < 4.78 is 6.95. The third kappa shape index (κ3) is 4.32. The van der Waals surface area contributed by atoms with Gasteiger partial charge >= 0.3 is 0 Å². The van der Waals surface area contributed by atoms with Crippen LogP contribution in [0.3, 0.4) is 0 Å². The Labute approximate surface area is 135 Å². The minimum Gasteiger partial charge on any atom is -0.456 e. The third-order valence-electron chi connectivity index (χ3n) is 3.36. The van der Waals surface area contributed by atoms with Gasteiger partial charge in [-0.05, 0) is 69.7 Å². The fourth-order valence-corrected chi connectivity index (χ4v) is 2.61. The lowest BCUT2D eigenvalue weighted by Crippen LogP contribution is -2.10. The number of benzene rings is 2. The lowest BCUT2D eigenvalue weighted by Gasteiger charge is -2.20. The highest BCUT2D eigenvalue weighted by Gasteiger charge is 2.14. The van der Waals surface area contributed by atoms with Gasteiger partial charge in [-0.3, -0.25) is 0 Å². The summed E-state index contributed by atoms with van der Waals surface area (Å²) >= 11 is 3.57. The molecule has 0 atom stereocenters. The highest BCUT2D eigenvalue weighted by Crippen LogP contribution is 2.32. The average Bonchev–Trinajstić information content (AvgIpc) is 2.42. The molecular weight excluding hydrogens is 326 g/mol. The van der Waals surface area contributed by atoms with Crippen molar-refractivity contribution < 1.29 is 4.74 Å². The maximum Gasteiger partial charge on any atom is 0.141 e. The van der Waals surface area contributed by atoms with E-state index in [1.807, 2.05) is 18.2 Å². The molecule has 2 aromatic rings. The molecule has 0 saturated heterocycles. The summed E-state index contributed by atoms with van der Waals surface area (Å²) in [5.74, 6) is 1.68. The Balaban J connectivity index is 2.22. The molecule has 2 aromatic carbocycles. The zero-order valence-corrected chi connectivity index (χ0v) is 14.4. The second-order valence-corrected chi connectivity index (χ2v) is 7.04. The molecule has 0 unspecified atom stereocenters. The van der Waals surface area contributed by atoms with Crippen molar-refractivity contribution in [3.63, 3.8) is 0 Å². The molecule has 0 saturated carbocycles. The Hall–Kier alpha value is -1.32. The van der Waals surface area contributed by atoms with Gasteiger partial charge in [0.2, 0.25) is 0 Å². The summed E-state index contributed by atoms with van der Waals surface area (Å²) in [5, 5.41) is 0. The molecule has 0 aliphatic carbocycles. The predicted molar refractivity (Wildman–Crippen MR) is 92.1 cm³/mol. The Bertz CT molecular complexity index is 617. The maximum atomic E-state index is 6.00. The van der Waals surface area contributed by atoms with Crippen molar-refractivity contribution in [3.8, 4) is 11.5 Å². The standard InChI is InChI=1S/C18H22BrNO/c1-18(2,3)14-5-4-6-15(12-14)21-17-8-7-13(9-10-20)11-16(17)19/h4-8,11-12H,9-10,20H2,1-3H3. The Kier molecular flexibility index (Phi) is 5.07. The van der Waals surface area contributed by atoms with E-state index in [4.69, 9.17) is 10.5 Å². The second-order valence-electron chi connectivity index (χ2n) is 6.18. The van der Waals surface area contributed by atoms with Crippen LogP contribution in [0.4, 0.5) is 0 Å². The topological polar surface area (TPSA) is 35.2 Å². The molecule has 112 valence electrons. The van der Waals surface area contributed by atoms with Crippen LogP contribution >= 0.6 is 15.9 Å². The molecule has 0 spiro atoms. The van der Waals surface area contributed by atoms with Crippen molar-refractivity contribution in [2.45, 2.75) is 32.6 Å². The third-order valence-corrected chi connectivity index (χ3v) is 3.98. The summed E-state index contributed by atoms with van der Waals surface area (Å²) in [6, 6.07) is 14.4. The summed E-state index contributed by atoms with van der Waals surface area (Å²) in [7, 11) is 0. The fourth-order valence-electron chi connectivity index (χ4n) is 2.10. The van der Waals surface area contributed by atoms with Gasteiger partial charge in [0.15, 0.2) is 0 Å². The molecule has 3 heteroatoms. The predicted octanol–water partition coefficient (Wildman–Crippen LogP) is 5.04. The van der Waals surface area contributed by atoms with E-state index in [0.717, 1.165) is 22.4 Å². The van der Waals surface area contributed by atoms with Gasteiger partial charge in [-0.25, -0.2) is 0 Å². The zero-order chi connectivity index (χ0) is 15.5. The fraction of sp³-hybridized carbons (Fsp3) is 0.333. The lowest BCUT2D eigenvalue weighted by molar-refractivity contribution is 0.475. The smallest absolute Gasteiger partial charge is 0.141 e. The van der Waals surface area contributed by atoms with E-state index in [1.165, 1.54) is 11.1 Å². The van der Waals surface area contributed by atoms with Crippen LogP contribution in [0.5, 0.6) is 11.5 Å². The molecule has 2 rings (SSSR count). The van der Waals surface area contributed by atoms with Crippen molar-refractivity contribution in [3.05, 3.63) is 58.1 Å². The van der Waals surface area contributed by atoms with Crippen LogP contribution in [0.15, 0.2) is 46.9 Å². The van der Waals surface area contributed by atoms with Crippen LogP contribution in [-0.4, -0.2) is 6.54 Å². The van der Waals surface area contributed by atoms with Crippen LogP contribution in [0.2, 0.25) is 0 Å². The van der Waals surface area contributed by atoms with Crippen LogP contribution in [-0.2, 0) is 11.8 Å². The second kappa shape index (κ2) is 6.63. The molecule has 0 aliphatic rings. The van der Waals surface area contributed by atoms with E-state index >= 15 is 0 Å². The Morgan fingerprint density at radius 2 is 1.86 bits per heavy atom. The van der Waals surface area contributed by atoms with Crippen LogP contribution in [0.1, 0.15) is 31.9 Å². The van der Waals surface area contributed by atoms with Crippen molar-refractivity contribution in [2.75, 3.05) is 6.54 Å². The Morgan fingerprint density at radius 1 is 1.10 bits per heavy atom. The van der Waals surface area contributed by atoms with Gasteiger partial charge in [-0.15, -0.1) is 0 Å². The van der Waals surface area contributed by atoms with E-state index in [2.05, 4.69) is 61.0 Å². The van der Waals surface area contributed by atoms with E-state index in [0.29, 0.717) is 6.54 Å². The largest absolute Gasteiger partial charge is 0.456 e. The highest BCUT2D eigenvalue weighted by atomic mass is 79.9. The first kappa shape index (κ1) is 16.1. The highest BCUT2D eigenvalue weighted by molar-refractivity contribution is 9.10. The zero-order valence-electron chi connectivity index (χ0n) is 12.8. The summed E-state index contributed by atoms with van der Waals surface area (Å²) in [5.41, 5.74) is 8.16. The van der Waals surface area contributed by atoms with Crippen LogP contribution in [0.25, 0.3) is 0 Å². The average molecular weight is 348 g/mol. The van der Waals surface area contributed by atoms with E-state index in [9.17, 15) is 0 Å². The quantitative estimate of drug-likeness (QED) is 0.840. The monoisotopic (exact) mass is 347 g/mol. The lowest BCUT2D eigenvalue weighted by atomic mass is 9.87. The molecular formula is C18H22BrNO. The SMILES string of the molecule is CC(C)(C)c1cccc(Oc2ccc(CCN)cc2Br)c1. The van der Waals surface area contributed by atoms with Crippen molar-refractivity contribution >= 4 is 15.9 Å². The number of ether oxygens (including phenoxy) is 1. The van der Waals surface area contributed by atoms with Gasteiger partial charge < -0.3 is 10.5 Å². The number of halogens is 1. The molecule has 0 bridgehead atoms. The van der Waals surface area contributed by atoms with Crippen molar-refractivity contribution in [1.29, 1.82) is 0 Å². The summed E-state index contributed by atoms with van der Waals surface area (Å²) in [6.45, 7) is 7.25. The van der Waals surface area contributed by atoms with E-state index in [1.54, 1.807) is 0 Å². The van der Waals surface area contributed by atoms with E-state index < -0.39 is 0 Å². The molecule has 0 radical (unpaired) electrons.